The largest absolute Gasteiger partial charge is 0.478 e. The van der Waals surface area contributed by atoms with E-state index in [2.05, 4.69) is 9.97 Å². The highest BCUT2D eigenvalue weighted by Gasteiger charge is 2.11. The van der Waals surface area contributed by atoms with Crippen molar-refractivity contribution in [1.29, 1.82) is 0 Å². The summed E-state index contributed by atoms with van der Waals surface area (Å²) in [6.45, 7) is 0. The van der Waals surface area contributed by atoms with Gasteiger partial charge in [-0.05, 0) is 23.7 Å². The number of fused-ring (bicyclic) bond motifs is 1. The lowest BCUT2D eigenvalue weighted by molar-refractivity contribution is 0.0697. The summed E-state index contributed by atoms with van der Waals surface area (Å²) in [6.07, 6.45) is 0. The fraction of sp³-hybridized carbons (Fsp3) is 0. The van der Waals surface area contributed by atoms with Crippen molar-refractivity contribution in [2.75, 3.05) is 0 Å². The Kier molecular flexibility index (Phi) is 2.09. The van der Waals surface area contributed by atoms with Crippen molar-refractivity contribution in [2.24, 2.45) is 0 Å². The van der Waals surface area contributed by atoms with Crippen LogP contribution in [0, 0.1) is 0 Å². The van der Waals surface area contributed by atoms with Crippen molar-refractivity contribution in [3.8, 4) is 0 Å². The number of rotatable bonds is 1. The standard InChI is InChI=1S/C8H4Cl2N2O2/c9-4-2-6-5(11-8(10)12-6)1-3(4)7(13)14/h1-2H,(H,11,12)(H,13,14). The summed E-state index contributed by atoms with van der Waals surface area (Å²) in [5.74, 6) is -1.09. The van der Waals surface area contributed by atoms with Crippen LogP contribution in [0.3, 0.4) is 0 Å². The zero-order chi connectivity index (χ0) is 10.3. The van der Waals surface area contributed by atoms with E-state index in [-0.39, 0.29) is 15.9 Å². The van der Waals surface area contributed by atoms with Crippen molar-refractivity contribution in [3.05, 3.63) is 28.0 Å². The predicted molar refractivity (Wildman–Crippen MR) is 53.1 cm³/mol. The first-order valence-corrected chi connectivity index (χ1v) is 4.41. The molecule has 72 valence electrons. The average molecular weight is 231 g/mol. The van der Waals surface area contributed by atoms with Gasteiger partial charge >= 0.3 is 5.97 Å². The number of imidazole rings is 1. The van der Waals surface area contributed by atoms with Gasteiger partial charge in [0.1, 0.15) is 0 Å². The number of carboxylic acid groups (broad SMARTS) is 1. The number of carbonyl (C=O) groups is 1. The molecule has 0 amide bonds. The van der Waals surface area contributed by atoms with Crippen LogP contribution in [0.25, 0.3) is 11.0 Å². The lowest BCUT2D eigenvalue weighted by atomic mass is 10.2. The summed E-state index contributed by atoms with van der Waals surface area (Å²) in [7, 11) is 0. The van der Waals surface area contributed by atoms with Crippen LogP contribution in [0.15, 0.2) is 12.1 Å². The van der Waals surface area contributed by atoms with Gasteiger partial charge in [0, 0.05) is 0 Å². The Hall–Kier alpha value is -1.26. The SMILES string of the molecule is O=C(O)c1cc2nc(Cl)[nH]c2cc1Cl. The van der Waals surface area contributed by atoms with Crippen LogP contribution in [-0.2, 0) is 0 Å². The van der Waals surface area contributed by atoms with Crippen molar-refractivity contribution >= 4 is 40.2 Å². The number of H-pyrrole nitrogens is 1. The van der Waals surface area contributed by atoms with Crippen molar-refractivity contribution in [1.82, 2.24) is 9.97 Å². The number of hydrogen-bond donors (Lipinski definition) is 2. The number of benzene rings is 1. The van der Waals surface area contributed by atoms with Gasteiger partial charge in [-0.15, -0.1) is 0 Å². The third-order valence-corrected chi connectivity index (χ3v) is 2.26. The van der Waals surface area contributed by atoms with Crippen molar-refractivity contribution < 1.29 is 9.90 Å². The summed E-state index contributed by atoms with van der Waals surface area (Å²) >= 11 is 11.3. The molecule has 1 heterocycles. The maximum absolute atomic E-state index is 10.7. The molecule has 0 aliphatic heterocycles. The highest BCUT2D eigenvalue weighted by atomic mass is 35.5. The molecule has 0 aliphatic rings. The number of nitrogens with one attached hydrogen (secondary N) is 1. The first-order valence-electron chi connectivity index (χ1n) is 3.66. The topological polar surface area (TPSA) is 66.0 Å². The number of aromatic nitrogens is 2. The smallest absolute Gasteiger partial charge is 0.337 e. The lowest BCUT2D eigenvalue weighted by Gasteiger charge is -1.97. The highest BCUT2D eigenvalue weighted by molar-refractivity contribution is 6.34. The second-order valence-corrected chi connectivity index (χ2v) is 3.45. The molecule has 0 atom stereocenters. The molecule has 0 unspecified atom stereocenters. The van der Waals surface area contributed by atoms with Gasteiger partial charge in [0.2, 0.25) is 5.28 Å². The quantitative estimate of drug-likeness (QED) is 0.792. The van der Waals surface area contributed by atoms with E-state index < -0.39 is 5.97 Å². The van der Waals surface area contributed by atoms with Crippen LogP contribution in [0.5, 0.6) is 0 Å². The van der Waals surface area contributed by atoms with Crippen LogP contribution < -0.4 is 0 Å². The zero-order valence-electron chi connectivity index (χ0n) is 6.71. The molecule has 0 aliphatic carbocycles. The Bertz CT molecular complexity index is 521. The van der Waals surface area contributed by atoms with E-state index in [1.165, 1.54) is 12.1 Å². The van der Waals surface area contributed by atoms with Gasteiger partial charge in [-0.3, -0.25) is 0 Å². The molecule has 0 spiro atoms. The molecule has 0 fully saturated rings. The third kappa shape index (κ3) is 1.42. The van der Waals surface area contributed by atoms with Gasteiger partial charge in [0.25, 0.3) is 0 Å². The Labute approximate surface area is 88.5 Å². The fourth-order valence-corrected chi connectivity index (χ4v) is 1.60. The zero-order valence-corrected chi connectivity index (χ0v) is 8.23. The molecule has 0 saturated heterocycles. The van der Waals surface area contributed by atoms with E-state index in [1.807, 2.05) is 0 Å². The minimum atomic E-state index is -1.09. The minimum Gasteiger partial charge on any atom is -0.478 e. The molecular formula is C8H4Cl2N2O2. The van der Waals surface area contributed by atoms with Gasteiger partial charge in [0.05, 0.1) is 21.6 Å². The fourth-order valence-electron chi connectivity index (χ4n) is 1.16. The molecule has 1 aromatic heterocycles. The summed E-state index contributed by atoms with van der Waals surface area (Å²) in [5.41, 5.74) is 1.11. The summed E-state index contributed by atoms with van der Waals surface area (Å²) in [6, 6.07) is 2.86. The predicted octanol–water partition coefficient (Wildman–Crippen LogP) is 2.57. The second kappa shape index (κ2) is 3.15. The van der Waals surface area contributed by atoms with Gasteiger partial charge in [-0.2, -0.15) is 0 Å². The minimum absolute atomic E-state index is 0.0160. The van der Waals surface area contributed by atoms with E-state index in [4.69, 9.17) is 28.3 Å². The molecular weight excluding hydrogens is 227 g/mol. The maximum atomic E-state index is 10.7. The van der Waals surface area contributed by atoms with E-state index in [0.29, 0.717) is 11.0 Å². The molecule has 4 nitrogen and oxygen atoms in total. The van der Waals surface area contributed by atoms with Crippen LogP contribution in [0.2, 0.25) is 10.3 Å². The normalized spacial score (nSPS) is 10.7. The molecule has 2 N–H and O–H groups in total. The van der Waals surface area contributed by atoms with E-state index in [0.717, 1.165) is 0 Å². The number of aromatic amines is 1. The molecule has 1 aromatic carbocycles. The highest BCUT2D eigenvalue weighted by Crippen LogP contribution is 2.23. The molecule has 0 saturated carbocycles. The Morgan fingerprint density at radius 1 is 1.43 bits per heavy atom. The van der Waals surface area contributed by atoms with Crippen LogP contribution in [0.1, 0.15) is 10.4 Å². The van der Waals surface area contributed by atoms with Gasteiger partial charge in [0.15, 0.2) is 0 Å². The van der Waals surface area contributed by atoms with E-state index in [9.17, 15) is 4.79 Å². The number of hydrogen-bond acceptors (Lipinski definition) is 2. The second-order valence-electron chi connectivity index (χ2n) is 2.68. The molecule has 2 rings (SSSR count). The van der Waals surface area contributed by atoms with Crippen molar-refractivity contribution in [2.45, 2.75) is 0 Å². The van der Waals surface area contributed by atoms with Crippen LogP contribution >= 0.6 is 23.2 Å². The molecule has 6 heteroatoms. The summed E-state index contributed by atoms with van der Waals surface area (Å²) in [4.78, 5) is 17.3. The summed E-state index contributed by atoms with van der Waals surface area (Å²) < 4.78 is 0. The number of nitrogens with zero attached hydrogens (tertiary/aromatic N) is 1. The van der Waals surface area contributed by atoms with Gasteiger partial charge in [-0.1, -0.05) is 11.6 Å². The third-order valence-electron chi connectivity index (χ3n) is 1.77. The lowest BCUT2D eigenvalue weighted by Crippen LogP contribution is -1.96. The molecule has 2 aromatic rings. The monoisotopic (exact) mass is 230 g/mol. The number of halogens is 2. The van der Waals surface area contributed by atoms with E-state index >= 15 is 0 Å². The molecule has 0 radical (unpaired) electrons. The Morgan fingerprint density at radius 3 is 2.79 bits per heavy atom. The Balaban J connectivity index is 2.76. The Morgan fingerprint density at radius 2 is 2.14 bits per heavy atom. The number of aromatic carboxylic acids is 1. The van der Waals surface area contributed by atoms with Crippen LogP contribution in [-0.4, -0.2) is 21.0 Å². The first kappa shape index (κ1) is 9.30. The van der Waals surface area contributed by atoms with E-state index in [1.54, 1.807) is 0 Å². The van der Waals surface area contributed by atoms with Gasteiger partial charge in [-0.25, -0.2) is 9.78 Å². The average Bonchev–Trinajstić information content (AvgIpc) is 2.42. The summed E-state index contributed by atoms with van der Waals surface area (Å²) in [5, 5.41) is 9.14. The molecule has 14 heavy (non-hydrogen) atoms. The first-order chi connectivity index (χ1) is 6.58. The van der Waals surface area contributed by atoms with Crippen LogP contribution in [0.4, 0.5) is 0 Å². The van der Waals surface area contributed by atoms with Gasteiger partial charge < -0.3 is 10.1 Å². The van der Waals surface area contributed by atoms with Crippen molar-refractivity contribution in [3.63, 3.8) is 0 Å². The maximum Gasteiger partial charge on any atom is 0.337 e. The molecule has 0 bridgehead atoms. The number of carboxylic acids is 1.